The minimum atomic E-state index is -0.662. The molecular formula is C15H30N2O4. The Hall–Kier alpha value is -1.14. The summed E-state index contributed by atoms with van der Waals surface area (Å²) in [7, 11) is 0. The van der Waals surface area contributed by atoms with Crippen molar-refractivity contribution >= 4 is 11.9 Å². The van der Waals surface area contributed by atoms with Crippen molar-refractivity contribution in [2.75, 3.05) is 13.2 Å². The number of rotatable bonds is 11. The molecular weight excluding hydrogens is 272 g/mol. The molecule has 0 rings (SSSR count). The SMILES string of the molecule is CCCCON[C@@H](CC(C)C)C(=O)N[C@@H](C)C(=O)OCC. The van der Waals surface area contributed by atoms with Gasteiger partial charge < -0.3 is 14.9 Å². The Morgan fingerprint density at radius 2 is 1.81 bits per heavy atom. The molecule has 1 amide bonds. The first-order chi connectivity index (χ1) is 9.92. The predicted molar refractivity (Wildman–Crippen MR) is 81.5 cm³/mol. The molecule has 0 aliphatic carbocycles. The molecule has 124 valence electrons. The normalized spacial score (nSPS) is 13.8. The van der Waals surface area contributed by atoms with E-state index < -0.39 is 18.1 Å². The average molecular weight is 302 g/mol. The van der Waals surface area contributed by atoms with Crippen molar-refractivity contribution in [1.29, 1.82) is 0 Å². The van der Waals surface area contributed by atoms with Crippen LogP contribution in [0.25, 0.3) is 0 Å². The number of hydrogen-bond donors (Lipinski definition) is 2. The lowest BCUT2D eigenvalue weighted by molar-refractivity contribution is -0.147. The number of hydroxylamine groups is 1. The fraction of sp³-hybridized carbons (Fsp3) is 0.867. The molecule has 0 aliphatic rings. The summed E-state index contributed by atoms with van der Waals surface area (Å²) in [5, 5.41) is 2.65. The van der Waals surface area contributed by atoms with Gasteiger partial charge in [0.2, 0.25) is 5.91 Å². The Labute approximate surface area is 127 Å². The Kier molecular flexibility index (Phi) is 10.9. The maximum absolute atomic E-state index is 12.2. The van der Waals surface area contributed by atoms with Crippen LogP contribution in [-0.4, -0.2) is 37.2 Å². The van der Waals surface area contributed by atoms with Crippen LogP contribution in [0, 0.1) is 5.92 Å². The third kappa shape index (κ3) is 9.42. The zero-order valence-corrected chi connectivity index (χ0v) is 13.9. The van der Waals surface area contributed by atoms with Crippen molar-refractivity contribution in [3.05, 3.63) is 0 Å². The first-order valence-electron chi connectivity index (χ1n) is 7.76. The molecule has 0 fully saturated rings. The van der Waals surface area contributed by atoms with E-state index in [9.17, 15) is 9.59 Å². The van der Waals surface area contributed by atoms with Crippen molar-refractivity contribution in [3.63, 3.8) is 0 Å². The molecule has 0 saturated carbocycles. The average Bonchev–Trinajstić information content (AvgIpc) is 2.41. The quantitative estimate of drug-likeness (QED) is 0.346. The van der Waals surface area contributed by atoms with Crippen LogP contribution in [-0.2, 0) is 19.2 Å². The molecule has 0 radical (unpaired) electrons. The Morgan fingerprint density at radius 1 is 1.14 bits per heavy atom. The van der Waals surface area contributed by atoms with Gasteiger partial charge in [0.25, 0.3) is 0 Å². The summed E-state index contributed by atoms with van der Waals surface area (Å²) in [6.07, 6.45) is 2.60. The lowest BCUT2D eigenvalue weighted by Crippen LogP contribution is -2.50. The molecule has 21 heavy (non-hydrogen) atoms. The number of esters is 1. The molecule has 0 bridgehead atoms. The molecule has 0 aromatic carbocycles. The van der Waals surface area contributed by atoms with Crippen LogP contribution in [0.3, 0.4) is 0 Å². The predicted octanol–water partition coefficient (Wildman–Crippen LogP) is 1.79. The van der Waals surface area contributed by atoms with Gasteiger partial charge in [0.1, 0.15) is 12.1 Å². The molecule has 0 aromatic rings. The summed E-state index contributed by atoms with van der Waals surface area (Å²) in [6, 6.07) is -1.14. The topological polar surface area (TPSA) is 76.7 Å². The molecule has 6 nitrogen and oxygen atoms in total. The van der Waals surface area contributed by atoms with Gasteiger partial charge in [0.15, 0.2) is 0 Å². The minimum absolute atomic E-state index is 0.249. The smallest absolute Gasteiger partial charge is 0.328 e. The molecule has 0 aliphatic heterocycles. The van der Waals surface area contributed by atoms with Crippen LogP contribution < -0.4 is 10.8 Å². The second kappa shape index (κ2) is 11.5. The van der Waals surface area contributed by atoms with Gasteiger partial charge in [0.05, 0.1) is 13.2 Å². The fourth-order valence-corrected chi connectivity index (χ4v) is 1.70. The van der Waals surface area contributed by atoms with Crippen LogP contribution in [0.5, 0.6) is 0 Å². The zero-order valence-electron chi connectivity index (χ0n) is 13.9. The van der Waals surface area contributed by atoms with E-state index in [4.69, 9.17) is 9.57 Å². The lowest BCUT2D eigenvalue weighted by Gasteiger charge is -2.21. The summed E-state index contributed by atoms with van der Waals surface area (Å²) < 4.78 is 4.87. The number of unbranched alkanes of at least 4 members (excludes halogenated alkanes) is 1. The van der Waals surface area contributed by atoms with Crippen LogP contribution in [0.4, 0.5) is 0 Å². The zero-order chi connectivity index (χ0) is 16.3. The van der Waals surface area contributed by atoms with E-state index >= 15 is 0 Å². The Bertz CT molecular complexity index is 308. The van der Waals surface area contributed by atoms with Gasteiger partial charge in [-0.2, -0.15) is 5.48 Å². The molecule has 0 saturated heterocycles. The summed E-state index contributed by atoms with van der Waals surface area (Å²) >= 11 is 0. The first-order valence-corrected chi connectivity index (χ1v) is 7.76. The van der Waals surface area contributed by atoms with Gasteiger partial charge in [-0.15, -0.1) is 0 Å². The van der Waals surface area contributed by atoms with E-state index in [2.05, 4.69) is 17.7 Å². The van der Waals surface area contributed by atoms with E-state index in [1.165, 1.54) is 0 Å². The number of amides is 1. The van der Waals surface area contributed by atoms with Gasteiger partial charge in [-0.25, -0.2) is 4.79 Å². The molecule has 2 N–H and O–H groups in total. The Balaban J connectivity index is 4.38. The maximum atomic E-state index is 12.2. The van der Waals surface area contributed by atoms with Crippen molar-refractivity contribution < 1.29 is 19.2 Å². The van der Waals surface area contributed by atoms with E-state index in [-0.39, 0.29) is 5.91 Å². The van der Waals surface area contributed by atoms with E-state index in [1.54, 1.807) is 13.8 Å². The highest BCUT2D eigenvalue weighted by Crippen LogP contribution is 2.06. The highest BCUT2D eigenvalue weighted by Gasteiger charge is 2.24. The molecule has 0 spiro atoms. The molecule has 0 aromatic heterocycles. The van der Waals surface area contributed by atoms with E-state index in [0.29, 0.717) is 25.6 Å². The lowest BCUT2D eigenvalue weighted by atomic mass is 10.0. The maximum Gasteiger partial charge on any atom is 0.328 e. The second-order valence-electron chi connectivity index (χ2n) is 5.48. The Morgan fingerprint density at radius 3 is 2.33 bits per heavy atom. The van der Waals surface area contributed by atoms with Gasteiger partial charge in [-0.1, -0.05) is 27.2 Å². The van der Waals surface area contributed by atoms with Crippen molar-refractivity contribution in [2.24, 2.45) is 5.92 Å². The van der Waals surface area contributed by atoms with Crippen molar-refractivity contribution in [1.82, 2.24) is 10.8 Å². The van der Waals surface area contributed by atoms with Gasteiger partial charge in [-0.3, -0.25) is 4.79 Å². The first kappa shape index (κ1) is 19.9. The largest absolute Gasteiger partial charge is 0.464 e. The number of hydrogen-bond acceptors (Lipinski definition) is 5. The van der Waals surface area contributed by atoms with Gasteiger partial charge in [-0.05, 0) is 32.6 Å². The molecule has 0 unspecified atom stereocenters. The molecule has 2 atom stereocenters. The van der Waals surface area contributed by atoms with Crippen molar-refractivity contribution in [3.8, 4) is 0 Å². The van der Waals surface area contributed by atoms with Crippen LogP contribution in [0.1, 0.15) is 53.9 Å². The summed E-state index contributed by atoms with van der Waals surface area (Å²) in [6.45, 7) is 10.3. The number of nitrogens with one attached hydrogen (secondary N) is 2. The minimum Gasteiger partial charge on any atom is -0.464 e. The van der Waals surface area contributed by atoms with Crippen molar-refractivity contribution in [2.45, 2.75) is 66.0 Å². The third-order valence-corrected chi connectivity index (χ3v) is 2.85. The summed E-state index contributed by atoms with van der Waals surface area (Å²) in [4.78, 5) is 29.1. The fourth-order valence-electron chi connectivity index (χ4n) is 1.70. The molecule has 0 heterocycles. The van der Waals surface area contributed by atoms with Crippen LogP contribution in [0.15, 0.2) is 0 Å². The van der Waals surface area contributed by atoms with Gasteiger partial charge in [0, 0.05) is 0 Å². The summed E-state index contributed by atoms with van der Waals surface area (Å²) in [5.41, 5.74) is 2.80. The van der Waals surface area contributed by atoms with E-state index in [1.807, 2.05) is 13.8 Å². The van der Waals surface area contributed by atoms with Gasteiger partial charge >= 0.3 is 5.97 Å². The molecule has 6 heteroatoms. The highest BCUT2D eigenvalue weighted by atomic mass is 16.6. The third-order valence-electron chi connectivity index (χ3n) is 2.85. The summed E-state index contributed by atoms with van der Waals surface area (Å²) in [5.74, 6) is -0.345. The standard InChI is InChI=1S/C15H30N2O4/c1-6-8-9-21-17-13(10-11(3)4)14(18)16-12(5)15(19)20-7-2/h11-13,17H,6-10H2,1-5H3,(H,16,18)/t12-,13-/m0/s1. The second-order valence-corrected chi connectivity index (χ2v) is 5.48. The van der Waals surface area contributed by atoms with Crippen LogP contribution >= 0.6 is 0 Å². The number of ether oxygens (including phenoxy) is 1. The number of carbonyl (C=O) groups is 2. The monoisotopic (exact) mass is 302 g/mol. The van der Waals surface area contributed by atoms with Crippen LogP contribution in [0.2, 0.25) is 0 Å². The number of carbonyl (C=O) groups excluding carboxylic acids is 2. The van der Waals surface area contributed by atoms with E-state index in [0.717, 1.165) is 12.8 Å². The highest BCUT2D eigenvalue weighted by molar-refractivity contribution is 5.87.